The molecule has 8 nitrogen and oxygen atoms in total. The van der Waals surface area contributed by atoms with Crippen LogP contribution in [0.25, 0.3) is 0 Å². The summed E-state index contributed by atoms with van der Waals surface area (Å²) >= 11 is 0. The first-order valence-electron chi connectivity index (χ1n) is 9.08. The third-order valence-corrected chi connectivity index (χ3v) is 4.16. The molecule has 0 fully saturated rings. The van der Waals surface area contributed by atoms with E-state index in [1.54, 1.807) is 30.3 Å². The van der Waals surface area contributed by atoms with E-state index in [0.717, 1.165) is 11.3 Å². The van der Waals surface area contributed by atoms with Gasteiger partial charge >= 0.3 is 0 Å². The van der Waals surface area contributed by atoms with E-state index in [0.29, 0.717) is 0 Å². The summed E-state index contributed by atoms with van der Waals surface area (Å²) in [6.07, 6.45) is 3.02. The average molecular weight is 403 g/mol. The summed E-state index contributed by atoms with van der Waals surface area (Å²) in [5.41, 5.74) is 10.1. The van der Waals surface area contributed by atoms with Crippen LogP contribution in [0.4, 0.5) is 5.69 Å². The predicted molar refractivity (Wildman–Crippen MR) is 115 cm³/mol. The molecular formula is C22H21N5O3. The highest BCUT2D eigenvalue weighted by Gasteiger charge is 2.16. The first-order chi connectivity index (χ1) is 14.5. The van der Waals surface area contributed by atoms with Crippen molar-refractivity contribution in [3.05, 3.63) is 83.6 Å². The second kappa shape index (κ2) is 9.33. The van der Waals surface area contributed by atoms with E-state index in [4.69, 9.17) is 10.5 Å². The zero-order chi connectivity index (χ0) is 21.5. The van der Waals surface area contributed by atoms with Crippen molar-refractivity contribution < 1.29 is 14.3 Å². The SMILES string of the molecule is CN(C)c1ccc(/C=N/NC(=O)c2cccnc2Oc2ccccc2C(N)=O)cc1. The summed E-state index contributed by atoms with van der Waals surface area (Å²) < 4.78 is 5.69. The maximum Gasteiger partial charge on any atom is 0.276 e. The number of hydrogen-bond donors (Lipinski definition) is 2. The first-order valence-corrected chi connectivity index (χ1v) is 9.08. The van der Waals surface area contributed by atoms with Crippen molar-refractivity contribution in [3.8, 4) is 11.6 Å². The molecule has 1 aromatic heterocycles. The van der Waals surface area contributed by atoms with Gasteiger partial charge in [0.05, 0.1) is 11.8 Å². The summed E-state index contributed by atoms with van der Waals surface area (Å²) in [7, 11) is 3.91. The Morgan fingerprint density at radius 3 is 2.43 bits per heavy atom. The number of benzene rings is 2. The number of anilines is 1. The number of carbonyl (C=O) groups excluding carboxylic acids is 2. The van der Waals surface area contributed by atoms with Crippen molar-refractivity contribution in [2.45, 2.75) is 0 Å². The van der Waals surface area contributed by atoms with Crippen molar-refractivity contribution in [1.82, 2.24) is 10.4 Å². The van der Waals surface area contributed by atoms with Crippen LogP contribution in [0.5, 0.6) is 11.6 Å². The number of hydrogen-bond acceptors (Lipinski definition) is 6. The predicted octanol–water partition coefficient (Wildman–Crippen LogP) is 2.80. The van der Waals surface area contributed by atoms with Gasteiger partial charge in [-0.25, -0.2) is 10.4 Å². The van der Waals surface area contributed by atoms with Gasteiger partial charge in [-0.2, -0.15) is 5.10 Å². The molecule has 2 amide bonds. The molecule has 30 heavy (non-hydrogen) atoms. The monoisotopic (exact) mass is 403 g/mol. The number of hydrazone groups is 1. The third-order valence-electron chi connectivity index (χ3n) is 4.16. The number of nitrogens with two attached hydrogens (primary N) is 1. The van der Waals surface area contributed by atoms with E-state index in [1.807, 2.05) is 43.3 Å². The topological polar surface area (TPSA) is 110 Å². The van der Waals surface area contributed by atoms with E-state index >= 15 is 0 Å². The number of primary amides is 1. The lowest BCUT2D eigenvalue weighted by Crippen LogP contribution is -2.19. The molecule has 1 heterocycles. The van der Waals surface area contributed by atoms with Gasteiger partial charge in [-0.1, -0.05) is 24.3 Å². The molecule has 2 aromatic carbocycles. The van der Waals surface area contributed by atoms with Crippen molar-refractivity contribution in [3.63, 3.8) is 0 Å². The Morgan fingerprint density at radius 2 is 1.73 bits per heavy atom. The van der Waals surface area contributed by atoms with Crippen LogP contribution in [0.2, 0.25) is 0 Å². The maximum absolute atomic E-state index is 12.6. The Morgan fingerprint density at radius 1 is 1.03 bits per heavy atom. The van der Waals surface area contributed by atoms with E-state index in [-0.39, 0.29) is 22.8 Å². The van der Waals surface area contributed by atoms with Crippen molar-refractivity contribution in [1.29, 1.82) is 0 Å². The molecule has 0 atom stereocenters. The number of nitrogens with one attached hydrogen (secondary N) is 1. The van der Waals surface area contributed by atoms with Crippen LogP contribution < -0.4 is 20.8 Å². The highest BCUT2D eigenvalue weighted by molar-refractivity contribution is 5.98. The number of carbonyl (C=O) groups is 2. The van der Waals surface area contributed by atoms with Gasteiger partial charge in [0.25, 0.3) is 11.8 Å². The Balaban J connectivity index is 1.74. The summed E-state index contributed by atoms with van der Waals surface area (Å²) in [4.78, 5) is 30.2. The van der Waals surface area contributed by atoms with Crippen LogP contribution in [0.15, 0.2) is 72.0 Å². The molecule has 0 radical (unpaired) electrons. The molecule has 0 saturated heterocycles. The number of ether oxygens (including phenoxy) is 1. The van der Waals surface area contributed by atoms with Gasteiger partial charge in [-0.15, -0.1) is 0 Å². The lowest BCUT2D eigenvalue weighted by molar-refractivity contribution is 0.0951. The Kier molecular flexibility index (Phi) is 6.39. The molecule has 0 unspecified atom stereocenters. The zero-order valence-corrected chi connectivity index (χ0v) is 16.6. The number of nitrogens with zero attached hydrogens (tertiary/aromatic N) is 3. The van der Waals surface area contributed by atoms with Crippen LogP contribution >= 0.6 is 0 Å². The van der Waals surface area contributed by atoms with Gasteiger partial charge < -0.3 is 15.4 Å². The normalized spacial score (nSPS) is 10.6. The minimum absolute atomic E-state index is 0.0363. The van der Waals surface area contributed by atoms with Crippen LogP contribution in [0.1, 0.15) is 26.3 Å². The number of pyridine rings is 1. The van der Waals surface area contributed by atoms with Gasteiger partial charge in [0.1, 0.15) is 11.3 Å². The van der Waals surface area contributed by atoms with Crippen LogP contribution in [0, 0.1) is 0 Å². The molecule has 0 aliphatic carbocycles. The first kappa shape index (κ1) is 20.5. The molecule has 0 spiro atoms. The summed E-state index contributed by atoms with van der Waals surface area (Å²) in [5.74, 6) is -0.898. The van der Waals surface area contributed by atoms with Crippen LogP contribution in [-0.4, -0.2) is 37.1 Å². The minimum Gasteiger partial charge on any atom is -0.437 e. The Hall–Kier alpha value is -4.20. The highest BCUT2D eigenvalue weighted by atomic mass is 16.5. The number of amides is 2. The minimum atomic E-state index is -0.641. The molecule has 0 saturated carbocycles. The van der Waals surface area contributed by atoms with E-state index in [9.17, 15) is 9.59 Å². The second-order valence-corrected chi connectivity index (χ2v) is 6.50. The largest absolute Gasteiger partial charge is 0.437 e. The van der Waals surface area contributed by atoms with Crippen LogP contribution in [0.3, 0.4) is 0 Å². The molecular weight excluding hydrogens is 382 g/mol. The van der Waals surface area contributed by atoms with E-state index in [2.05, 4.69) is 15.5 Å². The molecule has 8 heteroatoms. The summed E-state index contributed by atoms with van der Waals surface area (Å²) in [6.45, 7) is 0. The van der Waals surface area contributed by atoms with Gasteiger partial charge in [-0.05, 0) is 42.0 Å². The molecule has 152 valence electrons. The van der Waals surface area contributed by atoms with Crippen molar-refractivity contribution in [2.24, 2.45) is 10.8 Å². The average Bonchev–Trinajstić information content (AvgIpc) is 2.74. The van der Waals surface area contributed by atoms with Gasteiger partial charge in [-0.3, -0.25) is 9.59 Å². The number of aromatic nitrogens is 1. The molecule has 3 aromatic rings. The van der Waals surface area contributed by atoms with Crippen LogP contribution in [-0.2, 0) is 0 Å². The maximum atomic E-state index is 12.6. The van der Waals surface area contributed by atoms with Gasteiger partial charge in [0.2, 0.25) is 5.88 Å². The lowest BCUT2D eigenvalue weighted by Gasteiger charge is -2.11. The van der Waals surface area contributed by atoms with Gasteiger partial charge in [0.15, 0.2) is 0 Å². The van der Waals surface area contributed by atoms with Crippen molar-refractivity contribution >= 4 is 23.7 Å². The zero-order valence-electron chi connectivity index (χ0n) is 16.6. The summed E-state index contributed by atoms with van der Waals surface area (Å²) in [5, 5.41) is 3.99. The quantitative estimate of drug-likeness (QED) is 0.466. The smallest absolute Gasteiger partial charge is 0.276 e. The Bertz CT molecular complexity index is 1080. The summed E-state index contributed by atoms with van der Waals surface area (Å²) in [6, 6.07) is 17.3. The standard InChI is InChI=1S/C22H21N5O3/c1-27(2)16-11-9-15(10-12-16)14-25-26-21(29)18-7-5-13-24-22(18)30-19-8-4-3-6-17(19)20(23)28/h3-14H,1-2H3,(H2,23,28)(H,26,29)/b25-14+. The molecule has 3 rings (SSSR count). The lowest BCUT2D eigenvalue weighted by atomic mass is 10.2. The fourth-order valence-corrected chi connectivity index (χ4v) is 2.59. The fourth-order valence-electron chi connectivity index (χ4n) is 2.59. The molecule has 0 aliphatic heterocycles. The fraction of sp³-hybridized carbons (Fsp3) is 0.0909. The Labute approximate surface area is 174 Å². The third kappa shape index (κ3) is 4.99. The van der Waals surface area contributed by atoms with Crippen molar-refractivity contribution in [2.75, 3.05) is 19.0 Å². The van der Waals surface area contributed by atoms with E-state index < -0.39 is 11.8 Å². The second-order valence-electron chi connectivity index (χ2n) is 6.50. The van der Waals surface area contributed by atoms with Gasteiger partial charge in [0, 0.05) is 26.0 Å². The molecule has 0 aliphatic rings. The number of rotatable bonds is 7. The highest BCUT2D eigenvalue weighted by Crippen LogP contribution is 2.26. The molecule has 3 N–H and O–H groups in total. The van der Waals surface area contributed by atoms with E-state index in [1.165, 1.54) is 18.5 Å². The molecule has 0 bridgehead atoms. The number of para-hydroxylation sites is 1.